The van der Waals surface area contributed by atoms with Crippen LogP contribution in [0, 0.1) is 0 Å². The van der Waals surface area contributed by atoms with Crippen LogP contribution in [0.2, 0.25) is 0 Å². The van der Waals surface area contributed by atoms with E-state index in [0.29, 0.717) is 0 Å². The van der Waals surface area contributed by atoms with E-state index in [1.165, 1.54) is 22.3 Å². The van der Waals surface area contributed by atoms with Crippen LogP contribution in [-0.2, 0) is 10.8 Å². The maximum atomic E-state index is 3.99. The molecule has 20 heavy (non-hydrogen) atoms. The Kier molecular flexibility index (Phi) is 4.69. The molecule has 0 spiro atoms. The third-order valence-electron chi connectivity index (χ3n) is 3.58. The Balaban J connectivity index is 3.51. The van der Waals surface area contributed by atoms with Crippen molar-refractivity contribution >= 4 is 5.57 Å². The molecule has 0 aromatic heterocycles. The van der Waals surface area contributed by atoms with Crippen molar-refractivity contribution in [2.75, 3.05) is 0 Å². The first-order chi connectivity index (χ1) is 8.93. The van der Waals surface area contributed by atoms with Gasteiger partial charge in [-0.3, -0.25) is 0 Å². The largest absolute Gasteiger partial charge is 0.0961 e. The summed E-state index contributed by atoms with van der Waals surface area (Å²) in [5.41, 5.74) is 6.87. The van der Waals surface area contributed by atoms with E-state index in [9.17, 15) is 0 Å². The molecule has 0 N–H and O–H groups in total. The van der Waals surface area contributed by atoms with Crippen molar-refractivity contribution in [2.24, 2.45) is 0 Å². The molecular formula is C20H30. The number of benzene rings is 1. The summed E-state index contributed by atoms with van der Waals surface area (Å²) in [5.74, 6) is 0. The average Bonchev–Trinajstić information content (AvgIpc) is 2.24. The maximum absolute atomic E-state index is 3.99. The minimum absolute atomic E-state index is 0.140. The average molecular weight is 270 g/mol. The fraction of sp³-hybridized carbons (Fsp3) is 0.500. The molecule has 0 fully saturated rings. The van der Waals surface area contributed by atoms with E-state index in [2.05, 4.69) is 79.3 Å². The van der Waals surface area contributed by atoms with Gasteiger partial charge in [0, 0.05) is 0 Å². The Morgan fingerprint density at radius 1 is 0.950 bits per heavy atom. The maximum Gasteiger partial charge on any atom is -0.0126 e. The van der Waals surface area contributed by atoms with Crippen molar-refractivity contribution in [1.82, 2.24) is 0 Å². The molecule has 0 heteroatoms. The second-order valence-corrected chi connectivity index (χ2v) is 7.93. The highest BCUT2D eigenvalue weighted by Gasteiger charge is 2.22. The summed E-state index contributed by atoms with van der Waals surface area (Å²) in [6.07, 6.45) is 2.17. The van der Waals surface area contributed by atoms with Gasteiger partial charge < -0.3 is 0 Å². The van der Waals surface area contributed by atoms with Crippen LogP contribution in [0.5, 0.6) is 0 Å². The molecule has 0 aliphatic heterocycles. The molecule has 0 radical (unpaired) electrons. The van der Waals surface area contributed by atoms with Crippen LogP contribution in [0.1, 0.15) is 72.1 Å². The van der Waals surface area contributed by atoms with Gasteiger partial charge in [-0.2, -0.15) is 0 Å². The molecule has 0 saturated carbocycles. The van der Waals surface area contributed by atoms with Gasteiger partial charge in [-0.15, -0.1) is 0 Å². The summed E-state index contributed by atoms with van der Waals surface area (Å²) >= 11 is 0. The summed E-state index contributed by atoms with van der Waals surface area (Å²) in [6.45, 7) is 21.9. The predicted molar refractivity (Wildman–Crippen MR) is 92.3 cm³/mol. The van der Waals surface area contributed by atoms with Gasteiger partial charge in [0.05, 0.1) is 0 Å². The molecule has 0 unspecified atom stereocenters. The zero-order chi connectivity index (χ0) is 15.7. The number of hydrogen-bond donors (Lipinski definition) is 0. The zero-order valence-electron chi connectivity index (χ0n) is 14.5. The molecule has 0 bridgehead atoms. The Morgan fingerprint density at radius 3 is 1.90 bits per heavy atom. The van der Waals surface area contributed by atoms with Gasteiger partial charge in [-0.05, 0) is 46.9 Å². The molecule has 1 aromatic rings. The summed E-state index contributed by atoms with van der Waals surface area (Å²) in [5, 5.41) is 0. The van der Waals surface area contributed by atoms with Gasteiger partial charge >= 0.3 is 0 Å². The van der Waals surface area contributed by atoms with Crippen molar-refractivity contribution in [1.29, 1.82) is 0 Å². The van der Waals surface area contributed by atoms with Crippen molar-refractivity contribution in [3.63, 3.8) is 0 Å². The van der Waals surface area contributed by atoms with Gasteiger partial charge in [0.1, 0.15) is 0 Å². The highest BCUT2D eigenvalue weighted by Crippen LogP contribution is 2.34. The fourth-order valence-electron chi connectivity index (χ4n) is 2.42. The highest BCUT2D eigenvalue weighted by atomic mass is 14.3. The fourth-order valence-corrected chi connectivity index (χ4v) is 2.42. The lowest BCUT2D eigenvalue weighted by Crippen LogP contribution is -2.18. The zero-order valence-corrected chi connectivity index (χ0v) is 14.5. The lowest BCUT2D eigenvalue weighted by molar-refractivity contribution is 0.567. The van der Waals surface area contributed by atoms with Crippen molar-refractivity contribution in [2.45, 2.75) is 66.2 Å². The molecule has 1 rings (SSSR count). The molecule has 0 aliphatic carbocycles. The van der Waals surface area contributed by atoms with E-state index < -0.39 is 0 Å². The quantitative estimate of drug-likeness (QED) is 0.556. The van der Waals surface area contributed by atoms with Crippen LogP contribution in [0.3, 0.4) is 0 Å². The first-order valence-electron chi connectivity index (χ1n) is 7.42. The summed E-state index contributed by atoms with van der Waals surface area (Å²) in [7, 11) is 0. The van der Waals surface area contributed by atoms with E-state index >= 15 is 0 Å². The van der Waals surface area contributed by atoms with E-state index in [-0.39, 0.29) is 10.8 Å². The number of allylic oxidation sites excluding steroid dienone is 3. The van der Waals surface area contributed by atoms with Crippen LogP contribution in [0.4, 0.5) is 0 Å². The second kappa shape index (κ2) is 5.60. The Morgan fingerprint density at radius 2 is 1.50 bits per heavy atom. The van der Waals surface area contributed by atoms with Gasteiger partial charge in [0.25, 0.3) is 0 Å². The SMILES string of the molecule is C=C(C)/C=C(\C)c1ccc(C(C)(C)C)cc1C(C)(C)C. The van der Waals surface area contributed by atoms with Gasteiger partial charge in [-0.25, -0.2) is 0 Å². The Labute approximate surface area is 125 Å². The van der Waals surface area contributed by atoms with Crippen molar-refractivity contribution in [3.8, 4) is 0 Å². The Bertz CT molecular complexity index is 528. The predicted octanol–water partition coefficient (Wildman–Crippen LogP) is 6.26. The third kappa shape index (κ3) is 4.10. The van der Waals surface area contributed by atoms with Gasteiger partial charge in [0.2, 0.25) is 0 Å². The minimum atomic E-state index is 0.140. The van der Waals surface area contributed by atoms with Gasteiger partial charge in [0.15, 0.2) is 0 Å². The topological polar surface area (TPSA) is 0 Å². The normalized spacial score (nSPS) is 13.5. The lowest BCUT2D eigenvalue weighted by atomic mass is 9.77. The molecule has 110 valence electrons. The van der Waals surface area contributed by atoms with Crippen molar-refractivity contribution < 1.29 is 0 Å². The molecule has 0 aliphatic rings. The standard InChI is InChI=1S/C20H30/c1-14(2)12-15(3)17-11-10-16(19(4,5)6)13-18(17)20(7,8)9/h10-13H,1H2,2-9H3/b15-12+. The second-order valence-electron chi connectivity index (χ2n) is 7.93. The highest BCUT2D eigenvalue weighted by molar-refractivity contribution is 5.70. The number of rotatable bonds is 2. The van der Waals surface area contributed by atoms with E-state index in [1.807, 2.05) is 6.92 Å². The van der Waals surface area contributed by atoms with Crippen molar-refractivity contribution in [3.05, 3.63) is 53.1 Å². The van der Waals surface area contributed by atoms with Crippen LogP contribution in [0.15, 0.2) is 36.4 Å². The summed E-state index contributed by atoms with van der Waals surface area (Å²) in [4.78, 5) is 0. The third-order valence-corrected chi connectivity index (χ3v) is 3.58. The monoisotopic (exact) mass is 270 g/mol. The molecule has 0 heterocycles. The van der Waals surface area contributed by atoms with Gasteiger partial charge in [-0.1, -0.05) is 78.0 Å². The lowest BCUT2D eigenvalue weighted by Gasteiger charge is -2.28. The molecule has 1 aromatic carbocycles. The Hall–Kier alpha value is -1.30. The first-order valence-corrected chi connectivity index (χ1v) is 7.42. The van der Waals surface area contributed by atoms with Crippen LogP contribution >= 0.6 is 0 Å². The number of hydrogen-bond acceptors (Lipinski definition) is 0. The van der Waals surface area contributed by atoms with Crippen LogP contribution < -0.4 is 0 Å². The molecular weight excluding hydrogens is 240 g/mol. The molecule has 0 saturated heterocycles. The molecule has 0 atom stereocenters. The van der Waals surface area contributed by atoms with E-state index in [0.717, 1.165) is 5.57 Å². The molecule has 0 amide bonds. The van der Waals surface area contributed by atoms with Crippen LogP contribution in [-0.4, -0.2) is 0 Å². The van der Waals surface area contributed by atoms with E-state index in [1.54, 1.807) is 0 Å². The first kappa shape index (κ1) is 16.8. The summed E-state index contributed by atoms with van der Waals surface area (Å²) in [6, 6.07) is 6.92. The smallest absolute Gasteiger partial charge is 0.0126 e. The summed E-state index contributed by atoms with van der Waals surface area (Å²) < 4.78 is 0. The van der Waals surface area contributed by atoms with Crippen LogP contribution in [0.25, 0.3) is 5.57 Å². The van der Waals surface area contributed by atoms with E-state index in [4.69, 9.17) is 0 Å². The molecule has 0 nitrogen and oxygen atoms in total. The minimum Gasteiger partial charge on any atom is -0.0961 e.